The van der Waals surface area contributed by atoms with Gasteiger partial charge < -0.3 is 4.90 Å². The second-order valence-electron chi connectivity index (χ2n) is 5.48. The van der Waals surface area contributed by atoms with E-state index in [4.69, 9.17) is 0 Å². The summed E-state index contributed by atoms with van der Waals surface area (Å²) in [6.07, 6.45) is 3.46. The van der Waals surface area contributed by atoms with E-state index >= 15 is 0 Å². The largest absolute Gasteiger partial charge is 0.336 e. The molecule has 0 aliphatic carbocycles. The summed E-state index contributed by atoms with van der Waals surface area (Å²) in [6.45, 7) is 3.03. The summed E-state index contributed by atoms with van der Waals surface area (Å²) < 4.78 is 1.04. The van der Waals surface area contributed by atoms with Gasteiger partial charge in [0.05, 0.1) is 0 Å². The van der Waals surface area contributed by atoms with E-state index in [0.29, 0.717) is 6.04 Å². The molecule has 0 spiro atoms. The Bertz CT molecular complexity index is 652. The average molecular weight is 332 g/mol. The Balaban J connectivity index is 2.05. The normalized spacial score (nSPS) is 19.3. The van der Waals surface area contributed by atoms with Crippen molar-refractivity contribution in [3.63, 3.8) is 0 Å². The lowest BCUT2D eigenvalue weighted by atomic mass is 9.99. The molecule has 20 heavy (non-hydrogen) atoms. The van der Waals surface area contributed by atoms with Gasteiger partial charge in [-0.1, -0.05) is 40.2 Å². The number of nitrogens with zero attached hydrogens (tertiary/aromatic N) is 1. The first-order valence-electron chi connectivity index (χ1n) is 7.16. The van der Waals surface area contributed by atoms with Crippen LogP contribution in [-0.2, 0) is 0 Å². The summed E-state index contributed by atoms with van der Waals surface area (Å²) in [4.78, 5) is 14.9. The van der Waals surface area contributed by atoms with Crippen molar-refractivity contribution in [2.24, 2.45) is 0 Å². The molecule has 3 heteroatoms. The van der Waals surface area contributed by atoms with Crippen molar-refractivity contribution < 1.29 is 4.79 Å². The van der Waals surface area contributed by atoms with Crippen molar-refractivity contribution in [2.45, 2.75) is 32.2 Å². The van der Waals surface area contributed by atoms with Crippen LogP contribution < -0.4 is 0 Å². The third-order valence-electron chi connectivity index (χ3n) is 4.16. The monoisotopic (exact) mass is 331 g/mol. The number of hydrogen-bond donors (Lipinski definition) is 0. The van der Waals surface area contributed by atoms with Crippen LogP contribution in [0, 0.1) is 0 Å². The Kier molecular flexibility index (Phi) is 3.79. The molecule has 104 valence electrons. The van der Waals surface area contributed by atoms with Gasteiger partial charge in [-0.15, -0.1) is 0 Å². The number of hydrogen-bond acceptors (Lipinski definition) is 1. The van der Waals surface area contributed by atoms with Crippen LogP contribution in [0.1, 0.15) is 36.5 Å². The van der Waals surface area contributed by atoms with Crippen molar-refractivity contribution in [2.75, 3.05) is 6.54 Å². The molecular formula is C17H18BrNO. The fraction of sp³-hybridized carbons (Fsp3) is 0.353. The maximum absolute atomic E-state index is 12.8. The van der Waals surface area contributed by atoms with Crippen LogP contribution in [0.3, 0.4) is 0 Å². The summed E-state index contributed by atoms with van der Waals surface area (Å²) in [5, 5.41) is 2.13. The van der Waals surface area contributed by atoms with Crippen molar-refractivity contribution >= 4 is 32.6 Å². The zero-order valence-corrected chi connectivity index (χ0v) is 13.2. The number of amides is 1. The minimum Gasteiger partial charge on any atom is -0.336 e. The van der Waals surface area contributed by atoms with Gasteiger partial charge >= 0.3 is 0 Å². The standard InChI is InChI=1S/C17H18BrNO/c1-12-6-2-3-11-19(12)17(20)15-9-4-8-14-13(15)7-5-10-16(14)18/h4-5,7-10,12H,2-3,6,11H2,1H3/t12-/m0/s1. The fourth-order valence-corrected chi connectivity index (χ4v) is 3.51. The van der Waals surface area contributed by atoms with Gasteiger partial charge in [0.2, 0.25) is 0 Å². The maximum atomic E-state index is 12.8. The first kappa shape index (κ1) is 13.6. The van der Waals surface area contributed by atoms with Crippen molar-refractivity contribution in [1.82, 2.24) is 4.90 Å². The van der Waals surface area contributed by atoms with E-state index in [2.05, 4.69) is 28.9 Å². The number of carbonyl (C=O) groups is 1. The number of benzene rings is 2. The molecule has 3 rings (SSSR count). The van der Waals surface area contributed by atoms with Gasteiger partial charge in [-0.25, -0.2) is 0 Å². The molecule has 1 saturated heterocycles. The molecule has 0 saturated carbocycles. The number of rotatable bonds is 1. The van der Waals surface area contributed by atoms with E-state index in [0.717, 1.165) is 40.2 Å². The van der Waals surface area contributed by atoms with E-state index in [-0.39, 0.29) is 5.91 Å². The molecule has 1 atom stereocenters. The number of fused-ring (bicyclic) bond motifs is 1. The van der Waals surface area contributed by atoms with Crippen LogP contribution >= 0.6 is 15.9 Å². The molecule has 0 bridgehead atoms. The molecule has 1 fully saturated rings. The Labute approximate surface area is 127 Å². The van der Waals surface area contributed by atoms with Gasteiger partial charge in [-0.3, -0.25) is 4.79 Å². The van der Waals surface area contributed by atoms with Crippen molar-refractivity contribution in [3.8, 4) is 0 Å². The van der Waals surface area contributed by atoms with E-state index in [1.165, 1.54) is 6.42 Å². The van der Waals surface area contributed by atoms with Gasteiger partial charge in [-0.2, -0.15) is 0 Å². The number of likely N-dealkylation sites (tertiary alicyclic amines) is 1. The molecule has 1 heterocycles. The lowest BCUT2D eigenvalue weighted by Crippen LogP contribution is -2.42. The zero-order valence-electron chi connectivity index (χ0n) is 11.6. The third kappa shape index (κ3) is 2.35. The summed E-state index contributed by atoms with van der Waals surface area (Å²) in [5.74, 6) is 0.168. The Morgan fingerprint density at radius 3 is 2.70 bits per heavy atom. The molecule has 2 aromatic rings. The Hall–Kier alpha value is -1.35. The maximum Gasteiger partial charge on any atom is 0.254 e. The lowest BCUT2D eigenvalue weighted by molar-refractivity contribution is 0.0637. The van der Waals surface area contributed by atoms with E-state index < -0.39 is 0 Å². The topological polar surface area (TPSA) is 20.3 Å². The highest BCUT2D eigenvalue weighted by Gasteiger charge is 2.25. The summed E-state index contributed by atoms with van der Waals surface area (Å²) >= 11 is 3.56. The van der Waals surface area contributed by atoms with Gasteiger partial charge in [0, 0.05) is 22.6 Å². The lowest BCUT2D eigenvalue weighted by Gasteiger charge is -2.33. The van der Waals surface area contributed by atoms with E-state index in [9.17, 15) is 4.79 Å². The van der Waals surface area contributed by atoms with Crippen molar-refractivity contribution in [1.29, 1.82) is 0 Å². The average Bonchev–Trinajstić information content (AvgIpc) is 2.47. The van der Waals surface area contributed by atoms with Gasteiger partial charge in [0.25, 0.3) is 5.91 Å². The van der Waals surface area contributed by atoms with Crippen LogP contribution in [0.25, 0.3) is 10.8 Å². The molecule has 0 unspecified atom stereocenters. The minimum atomic E-state index is 0.168. The number of carbonyl (C=O) groups excluding carboxylic acids is 1. The second-order valence-corrected chi connectivity index (χ2v) is 6.34. The molecule has 2 aromatic carbocycles. The molecule has 0 N–H and O–H groups in total. The predicted octanol–water partition coefficient (Wildman–Crippen LogP) is 4.62. The highest BCUT2D eigenvalue weighted by atomic mass is 79.9. The smallest absolute Gasteiger partial charge is 0.254 e. The van der Waals surface area contributed by atoms with Crippen LogP contribution in [0.4, 0.5) is 0 Å². The number of piperidine rings is 1. The SMILES string of the molecule is C[C@H]1CCCCN1C(=O)c1cccc2c(Br)cccc12. The van der Waals surface area contributed by atoms with Gasteiger partial charge in [-0.05, 0) is 49.1 Å². The molecule has 1 amide bonds. The second kappa shape index (κ2) is 5.57. The van der Waals surface area contributed by atoms with Crippen LogP contribution in [-0.4, -0.2) is 23.4 Å². The Morgan fingerprint density at radius 2 is 1.90 bits per heavy atom. The molecule has 1 aliphatic heterocycles. The highest BCUT2D eigenvalue weighted by molar-refractivity contribution is 9.10. The number of halogens is 1. The third-order valence-corrected chi connectivity index (χ3v) is 4.85. The molecule has 0 radical (unpaired) electrons. The van der Waals surface area contributed by atoms with Crippen molar-refractivity contribution in [3.05, 3.63) is 46.4 Å². The minimum absolute atomic E-state index is 0.168. The Morgan fingerprint density at radius 1 is 1.15 bits per heavy atom. The highest BCUT2D eigenvalue weighted by Crippen LogP contribution is 2.28. The molecule has 2 nitrogen and oxygen atoms in total. The molecule has 0 aromatic heterocycles. The van der Waals surface area contributed by atoms with Gasteiger partial charge in [0.15, 0.2) is 0 Å². The van der Waals surface area contributed by atoms with Crippen LogP contribution in [0.15, 0.2) is 40.9 Å². The first-order chi connectivity index (χ1) is 9.68. The van der Waals surface area contributed by atoms with Crippen LogP contribution in [0.5, 0.6) is 0 Å². The first-order valence-corrected chi connectivity index (χ1v) is 7.96. The fourth-order valence-electron chi connectivity index (χ4n) is 3.01. The summed E-state index contributed by atoms with van der Waals surface area (Å²) in [5.41, 5.74) is 0.817. The van der Waals surface area contributed by atoms with E-state index in [1.807, 2.05) is 35.2 Å². The van der Waals surface area contributed by atoms with E-state index in [1.54, 1.807) is 0 Å². The molecular weight excluding hydrogens is 314 g/mol. The van der Waals surface area contributed by atoms with Crippen LogP contribution in [0.2, 0.25) is 0 Å². The molecule has 1 aliphatic rings. The quantitative estimate of drug-likeness (QED) is 0.746. The zero-order chi connectivity index (χ0) is 14.1. The predicted molar refractivity (Wildman–Crippen MR) is 86.0 cm³/mol. The summed E-state index contributed by atoms with van der Waals surface area (Å²) in [6, 6.07) is 12.3. The van der Waals surface area contributed by atoms with Gasteiger partial charge in [0.1, 0.15) is 0 Å². The summed E-state index contributed by atoms with van der Waals surface area (Å²) in [7, 11) is 0.